The highest BCUT2D eigenvalue weighted by Gasteiger charge is 2.24. The third-order valence-corrected chi connectivity index (χ3v) is 6.71. The first kappa shape index (κ1) is 20.3. The van der Waals surface area contributed by atoms with E-state index in [0.717, 1.165) is 25.8 Å². The molecule has 1 amide bonds. The Morgan fingerprint density at radius 3 is 2.72 bits per heavy atom. The predicted molar refractivity (Wildman–Crippen MR) is 123 cm³/mol. The van der Waals surface area contributed by atoms with Crippen molar-refractivity contribution in [2.24, 2.45) is 0 Å². The number of carbonyl (C=O) groups excluding carboxylic acids is 1. The SMILES string of the molecule is Cc1c(Cl)ccc2sc(N(Cc3cccnc3)C(=O)c3cc(Br)ccc3Cl)nc12. The number of carbonyl (C=O) groups is 1. The van der Waals surface area contributed by atoms with Gasteiger partial charge in [-0.15, -0.1) is 0 Å². The number of fused-ring (bicyclic) bond motifs is 1. The molecule has 0 aliphatic rings. The molecule has 2 aromatic carbocycles. The summed E-state index contributed by atoms with van der Waals surface area (Å²) >= 11 is 17.4. The molecule has 29 heavy (non-hydrogen) atoms. The van der Waals surface area contributed by atoms with Crippen LogP contribution < -0.4 is 4.90 Å². The van der Waals surface area contributed by atoms with Gasteiger partial charge in [0.25, 0.3) is 5.91 Å². The maximum atomic E-state index is 13.5. The molecule has 0 saturated heterocycles. The minimum absolute atomic E-state index is 0.233. The van der Waals surface area contributed by atoms with Crippen molar-refractivity contribution in [2.45, 2.75) is 13.5 Å². The van der Waals surface area contributed by atoms with Crippen molar-refractivity contribution in [3.8, 4) is 0 Å². The minimum atomic E-state index is -0.233. The Balaban J connectivity index is 1.83. The standard InChI is InChI=1S/C21H14BrCl2N3OS/c1-12-16(23)6-7-18-19(12)26-21(29-18)27(11-13-3-2-8-25-10-13)20(28)15-9-14(22)4-5-17(15)24/h2-10H,11H2,1H3. The summed E-state index contributed by atoms with van der Waals surface area (Å²) in [5.41, 5.74) is 2.97. The number of amides is 1. The molecule has 2 heterocycles. The number of aryl methyl sites for hydroxylation is 1. The quantitative estimate of drug-likeness (QED) is 0.302. The maximum absolute atomic E-state index is 13.5. The Morgan fingerprint density at radius 1 is 1.17 bits per heavy atom. The van der Waals surface area contributed by atoms with Crippen molar-refractivity contribution in [3.63, 3.8) is 0 Å². The fourth-order valence-electron chi connectivity index (χ4n) is 2.91. The molecule has 0 unspecified atom stereocenters. The number of anilines is 1. The van der Waals surface area contributed by atoms with Crippen molar-refractivity contribution in [1.29, 1.82) is 0 Å². The van der Waals surface area contributed by atoms with Crippen LogP contribution in [0.25, 0.3) is 10.2 Å². The van der Waals surface area contributed by atoms with Crippen LogP contribution in [0.1, 0.15) is 21.5 Å². The summed E-state index contributed by atoms with van der Waals surface area (Å²) in [5, 5.41) is 1.61. The molecule has 0 radical (unpaired) electrons. The lowest BCUT2D eigenvalue weighted by atomic mass is 10.2. The monoisotopic (exact) mass is 505 g/mol. The van der Waals surface area contributed by atoms with E-state index in [4.69, 9.17) is 28.2 Å². The second-order valence-corrected chi connectivity index (χ2v) is 9.13. The molecule has 0 N–H and O–H groups in total. The number of rotatable bonds is 4. The van der Waals surface area contributed by atoms with Crippen LogP contribution in [0, 0.1) is 6.92 Å². The van der Waals surface area contributed by atoms with Crippen LogP contribution in [-0.4, -0.2) is 15.9 Å². The van der Waals surface area contributed by atoms with Gasteiger partial charge in [-0.25, -0.2) is 4.98 Å². The smallest absolute Gasteiger partial charge is 0.261 e. The van der Waals surface area contributed by atoms with Gasteiger partial charge in [0.05, 0.1) is 27.3 Å². The van der Waals surface area contributed by atoms with E-state index in [1.54, 1.807) is 35.5 Å². The molecule has 0 saturated carbocycles. The number of aromatic nitrogens is 2. The first-order chi connectivity index (χ1) is 13.9. The molecular formula is C21H14BrCl2N3OS. The Bertz CT molecular complexity index is 1210. The van der Waals surface area contributed by atoms with Crippen LogP contribution in [-0.2, 0) is 6.54 Å². The van der Waals surface area contributed by atoms with Crippen LogP contribution in [0.5, 0.6) is 0 Å². The molecule has 8 heteroatoms. The van der Waals surface area contributed by atoms with E-state index >= 15 is 0 Å². The van der Waals surface area contributed by atoms with Crippen LogP contribution in [0.15, 0.2) is 59.3 Å². The predicted octanol–water partition coefficient (Wildman–Crippen LogP) is 6.92. The number of pyridine rings is 1. The molecular weight excluding hydrogens is 493 g/mol. The molecule has 0 spiro atoms. The zero-order valence-electron chi connectivity index (χ0n) is 15.2. The van der Waals surface area contributed by atoms with Gasteiger partial charge >= 0.3 is 0 Å². The van der Waals surface area contributed by atoms with Crippen molar-refractivity contribution >= 4 is 71.7 Å². The van der Waals surface area contributed by atoms with Crippen molar-refractivity contribution in [2.75, 3.05) is 4.90 Å². The molecule has 4 nitrogen and oxygen atoms in total. The first-order valence-electron chi connectivity index (χ1n) is 8.65. The highest BCUT2D eigenvalue weighted by Crippen LogP contribution is 2.35. The molecule has 0 aliphatic carbocycles. The molecule has 0 bridgehead atoms. The van der Waals surface area contributed by atoms with Crippen LogP contribution >= 0.6 is 50.5 Å². The summed E-state index contributed by atoms with van der Waals surface area (Å²) in [7, 11) is 0. The highest BCUT2D eigenvalue weighted by molar-refractivity contribution is 9.10. The van der Waals surface area contributed by atoms with E-state index in [-0.39, 0.29) is 5.91 Å². The maximum Gasteiger partial charge on any atom is 0.261 e. The second-order valence-electron chi connectivity index (χ2n) is 6.39. The van der Waals surface area contributed by atoms with Gasteiger partial charge in [0.15, 0.2) is 5.13 Å². The summed E-state index contributed by atoms with van der Waals surface area (Å²) in [5.74, 6) is -0.233. The normalized spacial score (nSPS) is 11.0. The van der Waals surface area contributed by atoms with E-state index in [9.17, 15) is 4.79 Å². The molecule has 4 aromatic rings. The lowest BCUT2D eigenvalue weighted by molar-refractivity contribution is 0.0985. The Labute approximate surface area is 190 Å². The van der Waals surface area contributed by atoms with Gasteiger partial charge in [0, 0.05) is 21.9 Å². The minimum Gasteiger partial charge on any atom is -0.279 e. The van der Waals surface area contributed by atoms with Crippen molar-refractivity contribution in [3.05, 3.63) is 86.1 Å². The largest absolute Gasteiger partial charge is 0.279 e. The van der Waals surface area contributed by atoms with E-state index in [2.05, 4.69) is 20.9 Å². The number of hydrogen-bond donors (Lipinski definition) is 0. The van der Waals surface area contributed by atoms with Crippen LogP contribution in [0.3, 0.4) is 0 Å². The number of benzene rings is 2. The van der Waals surface area contributed by atoms with Crippen LogP contribution in [0.2, 0.25) is 10.0 Å². The number of nitrogens with zero attached hydrogens (tertiary/aromatic N) is 3. The first-order valence-corrected chi connectivity index (χ1v) is 11.0. The molecule has 4 rings (SSSR count). The lowest BCUT2D eigenvalue weighted by Crippen LogP contribution is -2.30. The lowest BCUT2D eigenvalue weighted by Gasteiger charge is -2.20. The zero-order valence-corrected chi connectivity index (χ0v) is 19.1. The van der Waals surface area contributed by atoms with Crippen molar-refractivity contribution < 1.29 is 4.79 Å². The van der Waals surface area contributed by atoms with E-state index in [0.29, 0.717) is 27.3 Å². The number of thiazole rings is 1. The fourth-order valence-corrected chi connectivity index (χ4v) is 4.65. The van der Waals surface area contributed by atoms with Gasteiger partial charge in [-0.05, 0) is 54.4 Å². The van der Waals surface area contributed by atoms with E-state index in [1.807, 2.05) is 31.2 Å². The third kappa shape index (κ3) is 4.16. The second kappa shape index (κ2) is 8.40. The van der Waals surface area contributed by atoms with Gasteiger partial charge in [-0.3, -0.25) is 14.7 Å². The summed E-state index contributed by atoms with van der Waals surface area (Å²) in [6.07, 6.45) is 3.43. The molecule has 0 fully saturated rings. The highest BCUT2D eigenvalue weighted by atomic mass is 79.9. The third-order valence-electron chi connectivity index (χ3n) is 4.43. The Kier molecular flexibility index (Phi) is 5.88. The average molecular weight is 507 g/mol. The summed E-state index contributed by atoms with van der Waals surface area (Å²) < 4.78 is 1.74. The molecule has 0 aliphatic heterocycles. The number of halogens is 3. The summed E-state index contributed by atoms with van der Waals surface area (Å²) in [6.45, 7) is 2.24. The van der Waals surface area contributed by atoms with Gasteiger partial charge < -0.3 is 0 Å². The van der Waals surface area contributed by atoms with Gasteiger partial charge in [0.1, 0.15) is 0 Å². The molecule has 0 atom stereocenters. The summed E-state index contributed by atoms with van der Waals surface area (Å²) in [4.78, 5) is 24.0. The Morgan fingerprint density at radius 2 is 1.97 bits per heavy atom. The van der Waals surface area contributed by atoms with Crippen molar-refractivity contribution in [1.82, 2.24) is 9.97 Å². The fraction of sp³-hybridized carbons (Fsp3) is 0.0952. The zero-order chi connectivity index (χ0) is 20.5. The summed E-state index contributed by atoms with van der Waals surface area (Å²) in [6, 6.07) is 12.7. The topological polar surface area (TPSA) is 46.1 Å². The van der Waals surface area contributed by atoms with Gasteiger partial charge in [0.2, 0.25) is 0 Å². The van der Waals surface area contributed by atoms with E-state index < -0.39 is 0 Å². The van der Waals surface area contributed by atoms with Gasteiger partial charge in [-0.2, -0.15) is 0 Å². The molecule has 2 aromatic heterocycles. The van der Waals surface area contributed by atoms with E-state index in [1.165, 1.54) is 11.3 Å². The number of hydrogen-bond acceptors (Lipinski definition) is 4. The average Bonchev–Trinajstić information content (AvgIpc) is 3.16. The Hall–Kier alpha value is -1.99. The van der Waals surface area contributed by atoms with Gasteiger partial charge in [-0.1, -0.05) is 56.5 Å². The molecule has 146 valence electrons. The van der Waals surface area contributed by atoms with Crippen LogP contribution in [0.4, 0.5) is 5.13 Å².